The second-order valence-electron chi connectivity index (χ2n) is 4.57. The molecule has 0 aliphatic heterocycles. The molecule has 21 heavy (non-hydrogen) atoms. The summed E-state index contributed by atoms with van der Waals surface area (Å²) in [6, 6.07) is 8.84. The molecule has 6 nitrogen and oxygen atoms in total. The summed E-state index contributed by atoms with van der Waals surface area (Å²) < 4.78 is 5.08. The van der Waals surface area contributed by atoms with Crippen LogP contribution < -0.4 is 5.32 Å². The van der Waals surface area contributed by atoms with E-state index >= 15 is 0 Å². The van der Waals surface area contributed by atoms with E-state index in [1.165, 1.54) is 4.90 Å². The summed E-state index contributed by atoms with van der Waals surface area (Å²) in [5.41, 5.74) is 0.560. The van der Waals surface area contributed by atoms with Gasteiger partial charge in [0.2, 0.25) is 5.91 Å². The number of likely N-dealkylation sites (N-methyl/N-ethyl adjacent to an activating group) is 1. The summed E-state index contributed by atoms with van der Waals surface area (Å²) in [6.45, 7) is 1.30. The number of carbonyl (C=O) groups is 2. The van der Waals surface area contributed by atoms with Gasteiger partial charge in [-0.05, 0) is 18.6 Å². The molecule has 0 fully saturated rings. The molecule has 0 atom stereocenters. The zero-order valence-electron chi connectivity index (χ0n) is 12.2. The molecule has 116 valence electrons. The van der Waals surface area contributed by atoms with E-state index in [2.05, 4.69) is 5.32 Å². The number of carbonyl (C=O) groups excluding carboxylic acids is 2. The number of hydrogen-bond acceptors (Lipinski definition) is 4. The van der Waals surface area contributed by atoms with Crippen molar-refractivity contribution in [3.05, 3.63) is 35.9 Å². The maximum absolute atomic E-state index is 12.0. The van der Waals surface area contributed by atoms with Gasteiger partial charge in [-0.1, -0.05) is 18.2 Å². The molecular weight excluding hydrogens is 272 g/mol. The van der Waals surface area contributed by atoms with Crippen LogP contribution in [-0.4, -0.2) is 61.8 Å². The SMILES string of the molecule is CN(CC(=O)NCCCOCCO)C(=O)c1ccccc1. The third-order valence-electron chi connectivity index (χ3n) is 2.77. The average Bonchev–Trinajstić information content (AvgIpc) is 2.50. The first-order chi connectivity index (χ1) is 10.1. The zero-order chi connectivity index (χ0) is 15.5. The number of amides is 2. The maximum Gasteiger partial charge on any atom is 0.254 e. The van der Waals surface area contributed by atoms with Gasteiger partial charge in [-0.25, -0.2) is 0 Å². The van der Waals surface area contributed by atoms with Crippen molar-refractivity contribution in [2.75, 3.05) is 40.0 Å². The van der Waals surface area contributed by atoms with Gasteiger partial charge in [0, 0.05) is 25.8 Å². The highest BCUT2D eigenvalue weighted by atomic mass is 16.5. The Kier molecular flexibility index (Phi) is 8.08. The number of ether oxygens (including phenoxy) is 1. The minimum Gasteiger partial charge on any atom is -0.394 e. The van der Waals surface area contributed by atoms with E-state index in [4.69, 9.17) is 9.84 Å². The Hall–Kier alpha value is -1.92. The normalized spacial score (nSPS) is 10.2. The lowest BCUT2D eigenvalue weighted by molar-refractivity contribution is -0.121. The molecule has 1 aromatic rings. The fourth-order valence-corrected chi connectivity index (χ4v) is 1.71. The largest absolute Gasteiger partial charge is 0.394 e. The Bertz CT molecular complexity index is 437. The van der Waals surface area contributed by atoms with Crippen LogP contribution in [0.15, 0.2) is 30.3 Å². The number of hydrogen-bond donors (Lipinski definition) is 2. The predicted octanol–water partition coefficient (Wildman–Crippen LogP) is 0.274. The van der Waals surface area contributed by atoms with Crippen LogP contribution in [0, 0.1) is 0 Å². The van der Waals surface area contributed by atoms with Crippen molar-refractivity contribution < 1.29 is 19.4 Å². The molecule has 0 heterocycles. The van der Waals surface area contributed by atoms with Gasteiger partial charge >= 0.3 is 0 Å². The Morgan fingerprint density at radius 3 is 2.62 bits per heavy atom. The van der Waals surface area contributed by atoms with Crippen LogP contribution >= 0.6 is 0 Å². The summed E-state index contributed by atoms with van der Waals surface area (Å²) >= 11 is 0. The van der Waals surface area contributed by atoms with Crippen LogP contribution in [0.25, 0.3) is 0 Å². The Labute approximate surface area is 124 Å². The van der Waals surface area contributed by atoms with Crippen molar-refractivity contribution in [2.24, 2.45) is 0 Å². The number of aliphatic hydroxyl groups excluding tert-OH is 1. The smallest absolute Gasteiger partial charge is 0.254 e. The number of benzene rings is 1. The van der Waals surface area contributed by atoms with Crippen LogP contribution in [0.5, 0.6) is 0 Å². The Balaban J connectivity index is 2.23. The quantitative estimate of drug-likeness (QED) is 0.641. The van der Waals surface area contributed by atoms with E-state index in [9.17, 15) is 9.59 Å². The van der Waals surface area contributed by atoms with Crippen molar-refractivity contribution in [1.29, 1.82) is 0 Å². The highest BCUT2D eigenvalue weighted by molar-refractivity contribution is 5.96. The zero-order valence-corrected chi connectivity index (χ0v) is 12.2. The molecule has 0 aliphatic rings. The molecule has 1 aromatic carbocycles. The first kappa shape index (κ1) is 17.1. The fraction of sp³-hybridized carbons (Fsp3) is 0.467. The molecule has 6 heteroatoms. The third-order valence-corrected chi connectivity index (χ3v) is 2.77. The predicted molar refractivity (Wildman–Crippen MR) is 78.9 cm³/mol. The van der Waals surface area contributed by atoms with E-state index in [0.29, 0.717) is 31.7 Å². The number of nitrogens with zero attached hydrogens (tertiary/aromatic N) is 1. The summed E-state index contributed by atoms with van der Waals surface area (Å²) in [4.78, 5) is 25.1. The van der Waals surface area contributed by atoms with E-state index < -0.39 is 0 Å². The van der Waals surface area contributed by atoms with Crippen LogP contribution in [0.3, 0.4) is 0 Å². The minimum absolute atomic E-state index is 0.00124. The van der Waals surface area contributed by atoms with Gasteiger partial charge in [-0.3, -0.25) is 9.59 Å². The molecular formula is C15H22N2O4. The molecule has 0 aromatic heterocycles. The lowest BCUT2D eigenvalue weighted by Crippen LogP contribution is -2.38. The van der Waals surface area contributed by atoms with Gasteiger partial charge in [0.15, 0.2) is 0 Å². The van der Waals surface area contributed by atoms with Gasteiger partial charge in [0.1, 0.15) is 0 Å². The second kappa shape index (κ2) is 9.90. The summed E-state index contributed by atoms with van der Waals surface area (Å²) in [5.74, 6) is -0.388. The molecule has 0 saturated carbocycles. The van der Waals surface area contributed by atoms with Crippen LogP contribution in [0.2, 0.25) is 0 Å². The molecule has 0 unspecified atom stereocenters. The summed E-state index contributed by atoms with van der Waals surface area (Å²) in [5, 5.41) is 11.2. The van der Waals surface area contributed by atoms with Gasteiger partial charge in [-0.15, -0.1) is 0 Å². The highest BCUT2D eigenvalue weighted by Crippen LogP contribution is 2.02. The summed E-state index contributed by atoms with van der Waals surface area (Å²) in [7, 11) is 1.60. The highest BCUT2D eigenvalue weighted by Gasteiger charge is 2.13. The van der Waals surface area contributed by atoms with E-state index in [1.807, 2.05) is 6.07 Å². The second-order valence-corrected chi connectivity index (χ2v) is 4.57. The van der Waals surface area contributed by atoms with Crippen LogP contribution in [0.1, 0.15) is 16.8 Å². The Morgan fingerprint density at radius 2 is 1.95 bits per heavy atom. The molecule has 0 aliphatic carbocycles. The van der Waals surface area contributed by atoms with Crippen molar-refractivity contribution in [1.82, 2.24) is 10.2 Å². The van der Waals surface area contributed by atoms with Gasteiger partial charge in [-0.2, -0.15) is 0 Å². The first-order valence-electron chi connectivity index (χ1n) is 6.91. The van der Waals surface area contributed by atoms with Crippen molar-refractivity contribution in [2.45, 2.75) is 6.42 Å². The first-order valence-corrected chi connectivity index (χ1v) is 6.91. The fourth-order valence-electron chi connectivity index (χ4n) is 1.71. The molecule has 1 rings (SSSR count). The number of nitrogens with one attached hydrogen (secondary N) is 1. The standard InChI is InChI=1S/C15H22N2O4/c1-17(15(20)13-6-3-2-4-7-13)12-14(19)16-8-5-10-21-11-9-18/h2-4,6-7,18H,5,8-12H2,1H3,(H,16,19). The molecule has 2 amide bonds. The molecule has 0 saturated heterocycles. The topological polar surface area (TPSA) is 78.9 Å². The maximum atomic E-state index is 12.0. The van der Waals surface area contributed by atoms with Gasteiger partial charge < -0.3 is 20.1 Å². The molecule has 0 radical (unpaired) electrons. The number of aliphatic hydroxyl groups is 1. The van der Waals surface area contributed by atoms with Gasteiger partial charge in [0.05, 0.1) is 19.8 Å². The van der Waals surface area contributed by atoms with Crippen LogP contribution in [0.4, 0.5) is 0 Å². The van der Waals surface area contributed by atoms with Crippen molar-refractivity contribution in [3.8, 4) is 0 Å². The van der Waals surface area contributed by atoms with E-state index in [-0.39, 0.29) is 25.0 Å². The van der Waals surface area contributed by atoms with Gasteiger partial charge in [0.25, 0.3) is 5.91 Å². The van der Waals surface area contributed by atoms with E-state index in [0.717, 1.165) is 0 Å². The monoisotopic (exact) mass is 294 g/mol. The minimum atomic E-state index is -0.205. The molecule has 0 spiro atoms. The molecule has 0 bridgehead atoms. The van der Waals surface area contributed by atoms with Crippen molar-refractivity contribution in [3.63, 3.8) is 0 Å². The summed E-state index contributed by atoms with van der Waals surface area (Å²) in [6.07, 6.45) is 0.669. The lowest BCUT2D eigenvalue weighted by atomic mass is 10.2. The Morgan fingerprint density at radius 1 is 1.24 bits per heavy atom. The van der Waals surface area contributed by atoms with Crippen molar-refractivity contribution >= 4 is 11.8 Å². The average molecular weight is 294 g/mol. The van der Waals surface area contributed by atoms with E-state index in [1.54, 1.807) is 31.3 Å². The molecule has 2 N–H and O–H groups in total. The number of rotatable bonds is 9. The van der Waals surface area contributed by atoms with Crippen LogP contribution in [-0.2, 0) is 9.53 Å². The third kappa shape index (κ3) is 6.87. The lowest BCUT2D eigenvalue weighted by Gasteiger charge is -2.16.